The number of non-ortho nitro benzene ring substituents is 1. The van der Waals surface area contributed by atoms with E-state index >= 15 is 0 Å². The van der Waals surface area contributed by atoms with Crippen LogP contribution in [0.1, 0.15) is 16.7 Å². The zero-order chi connectivity index (χ0) is 24.9. The van der Waals surface area contributed by atoms with Crippen molar-refractivity contribution >= 4 is 35.1 Å². The Hall–Kier alpha value is -4.86. The highest BCUT2D eigenvalue weighted by atomic mass is 16.7. The molecule has 4 rings (SSSR count). The molecule has 0 atom stereocenters. The van der Waals surface area contributed by atoms with Gasteiger partial charge >= 0.3 is 6.16 Å². The molecule has 0 saturated heterocycles. The van der Waals surface area contributed by atoms with Gasteiger partial charge in [-0.05, 0) is 47.5 Å². The van der Waals surface area contributed by atoms with E-state index in [0.29, 0.717) is 39.4 Å². The van der Waals surface area contributed by atoms with Gasteiger partial charge in [-0.25, -0.2) is 4.79 Å². The molecule has 10 heteroatoms. The molecule has 0 radical (unpaired) electrons. The molecule has 10 nitrogen and oxygen atoms in total. The van der Waals surface area contributed by atoms with Crippen LogP contribution >= 0.6 is 0 Å². The number of carbonyl (C=O) groups is 2. The highest BCUT2D eigenvalue weighted by Crippen LogP contribution is 2.41. The van der Waals surface area contributed by atoms with Crippen molar-refractivity contribution in [3.63, 3.8) is 0 Å². The number of nitrogens with zero attached hydrogens (tertiary/aromatic N) is 1. The highest BCUT2D eigenvalue weighted by Gasteiger charge is 2.26. The highest BCUT2D eigenvalue weighted by molar-refractivity contribution is 6.35. The summed E-state index contributed by atoms with van der Waals surface area (Å²) in [6.45, 7) is -0.0935. The van der Waals surface area contributed by atoms with E-state index in [2.05, 4.69) is 5.32 Å². The molecule has 1 aliphatic heterocycles. The fourth-order valence-electron chi connectivity index (χ4n) is 3.44. The van der Waals surface area contributed by atoms with Gasteiger partial charge in [0.1, 0.15) is 12.4 Å². The van der Waals surface area contributed by atoms with E-state index < -0.39 is 11.1 Å². The summed E-state index contributed by atoms with van der Waals surface area (Å²) in [5.41, 5.74) is 3.00. The summed E-state index contributed by atoms with van der Waals surface area (Å²) < 4.78 is 20.8. The molecule has 35 heavy (non-hydrogen) atoms. The maximum atomic E-state index is 12.5. The van der Waals surface area contributed by atoms with Crippen molar-refractivity contribution in [2.24, 2.45) is 0 Å². The Morgan fingerprint density at radius 3 is 2.29 bits per heavy atom. The molecule has 0 aliphatic carbocycles. The van der Waals surface area contributed by atoms with Gasteiger partial charge in [-0.2, -0.15) is 0 Å². The van der Waals surface area contributed by atoms with Crippen molar-refractivity contribution in [1.29, 1.82) is 0 Å². The number of benzene rings is 3. The summed E-state index contributed by atoms with van der Waals surface area (Å²) in [5, 5.41) is 13.5. The average molecular weight is 476 g/mol. The number of carbonyl (C=O) groups excluding carboxylic acids is 2. The van der Waals surface area contributed by atoms with E-state index in [4.69, 9.17) is 18.9 Å². The molecular formula is C25H20N2O8. The summed E-state index contributed by atoms with van der Waals surface area (Å²) in [6.07, 6.45) is 0.795. The second-order valence-corrected chi connectivity index (χ2v) is 7.40. The maximum absolute atomic E-state index is 12.5. The minimum atomic E-state index is -0.917. The van der Waals surface area contributed by atoms with Crippen LogP contribution in [-0.2, 0) is 16.1 Å². The molecule has 0 saturated carbocycles. The molecule has 0 spiro atoms. The number of anilines is 1. The molecule has 0 fully saturated rings. The van der Waals surface area contributed by atoms with Crippen LogP contribution in [0, 0.1) is 10.1 Å². The first-order valence-corrected chi connectivity index (χ1v) is 10.4. The van der Waals surface area contributed by atoms with E-state index in [1.807, 2.05) is 0 Å². The zero-order valence-electron chi connectivity index (χ0n) is 18.8. The summed E-state index contributed by atoms with van der Waals surface area (Å²) in [4.78, 5) is 34.7. The predicted octanol–water partition coefficient (Wildman–Crippen LogP) is 4.82. The number of fused-ring (bicyclic) bond motifs is 1. The molecule has 3 aromatic rings. The lowest BCUT2D eigenvalue weighted by molar-refractivity contribution is -0.384. The van der Waals surface area contributed by atoms with Gasteiger partial charge in [-0.15, -0.1) is 0 Å². The lowest BCUT2D eigenvalue weighted by Crippen LogP contribution is -2.10. The number of rotatable bonds is 7. The van der Waals surface area contributed by atoms with E-state index in [1.165, 1.54) is 38.5 Å². The van der Waals surface area contributed by atoms with Gasteiger partial charge in [0.25, 0.3) is 11.6 Å². The lowest BCUT2D eigenvalue weighted by atomic mass is 10.0. The van der Waals surface area contributed by atoms with Gasteiger partial charge in [0.15, 0.2) is 11.5 Å². The van der Waals surface area contributed by atoms with Crippen molar-refractivity contribution in [3.05, 3.63) is 87.5 Å². The first-order valence-electron chi connectivity index (χ1n) is 10.4. The number of nitro groups is 1. The Labute approximate surface area is 199 Å². The smallest absolute Gasteiger partial charge is 0.493 e. The van der Waals surface area contributed by atoms with Crippen molar-refractivity contribution < 1.29 is 33.5 Å². The lowest BCUT2D eigenvalue weighted by Gasteiger charge is -2.09. The predicted molar refractivity (Wildman–Crippen MR) is 126 cm³/mol. The molecule has 1 N–H and O–H groups in total. The van der Waals surface area contributed by atoms with Gasteiger partial charge in [-0.3, -0.25) is 14.9 Å². The molecular weight excluding hydrogens is 456 g/mol. The van der Waals surface area contributed by atoms with E-state index in [0.717, 1.165) is 0 Å². The summed E-state index contributed by atoms with van der Waals surface area (Å²) in [6, 6.07) is 15.6. The van der Waals surface area contributed by atoms with Crippen molar-refractivity contribution in [1.82, 2.24) is 0 Å². The fraction of sp³-hybridized carbons (Fsp3) is 0.120. The summed E-state index contributed by atoms with van der Waals surface area (Å²) >= 11 is 0. The van der Waals surface area contributed by atoms with Gasteiger partial charge in [0.05, 0.1) is 24.8 Å². The molecule has 0 bridgehead atoms. The normalized spacial score (nSPS) is 13.1. The summed E-state index contributed by atoms with van der Waals surface area (Å²) in [5.74, 6) is 1.01. The minimum Gasteiger partial charge on any atom is -0.493 e. The third kappa shape index (κ3) is 5.22. The summed E-state index contributed by atoms with van der Waals surface area (Å²) in [7, 11) is 3.04. The number of hydrogen-bond acceptors (Lipinski definition) is 8. The van der Waals surface area contributed by atoms with E-state index in [-0.39, 0.29) is 24.0 Å². The van der Waals surface area contributed by atoms with Crippen molar-refractivity contribution in [2.45, 2.75) is 6.61 Å². The van der Waals surface area contributed by atoms with Crippen LogP contribution in [-0.4, -0.2) is 31.2 Å². The standard InChI is InChI=1S/C25H20N2O8/c1-32-22-12-19-20(24(28)26-21(19)13-23(22)33-2)11-15-5-9-18(10-6-15)35-25(29)34-14-16-3-7-17(8-4-16)27(30)31/h3-13H,14H2,1-2H3,(H,26,28)/b20-11+. The number of amides is 1. The number of hydrogen-bond donors (Lipinski definition) is 1. The number of methoxy groups -OCH3 is 2. The Balaban J connectivity index is 1.41. The van der Waals surface area contributed by atoms with Crippen LogP contribution in [0.25, 0.3) is 11.6 Å². The first kappa shape index (κ1) is 23.3. The van der Waals surface area contributed by atoms with Crippen LogP contribution in [0.15, 0.2) is 60.7 Å². The maximum Gasteiger partial charge on any atom is 0.514 e. The Morgan fingerprint density at radius 2 is 1.66 bits per heavy atom. The van der Waals surface area contributed by atoms with Crippen LogP contribution in [0.2, 0.25) is 0 Å². The van der Waals surface area contributed by atoms with Gasteiger partial charge in [-0.1, -0.05) is 12.1 Å². The van der Waals surface area contributed by atoms with Gasteiger partial charge < -0.3 is 24.3 Å². The SMILES string of the molecule is COc1cc2c(cc1OC)/C(=C\c1ccc(OC(=O)OCc3ccc([N+](=O)[O-])cc3)cc1)C(=O)N2. The molecule has 1 amide bonds. The quantitative estimate of drug-likeness (QED) is 0.169. The molecule has 0 unspecified atom stereocenters. The van der Waals surface area contributed by atoms with Crippen molar-refractivity contribution in [2.75, 3.05) is 19.5 Å². The number of ether oxygens (including phenoxy) is 4. The molecule has 178 valence electrons. The number of nitrogens with one attached hydrogen (secondary N) is 1. The van der Waals surface area contributed by atoms with Gasteiger partial charge in [0.2, 0.25) is 0 Å². The largest absolute Gasteiger partial charge is 0.514 e. The topological polar surface area (TPSA) is 126 Å². The minimum absolute atomic E-state index is 0.0520. The first-order chi connectivity index (χ1) is 16.9. The monoisotopic (exact) mass is 476 g/mol. The third-order valence-electron chi connectivity index (χ3n) is 5.20. The van der Waals surface area contributed by atoms with Gasteiger partial charge in [0, 0.05) is 29.3 Å². The zero-order valence-corrected chi connectivity index (χ0v) is 18.8. The van der Waals surface area contributed by atoms with Crippen LogP contribution in [0.4, 0.5) is 16.2 Å². The molecule has 1 aliphatic rings. The Kier molecular flexibility index (Phi) is 6.63. The average Bonchev–Trinajstić information content (AvgIpc) is 3.16. The molecule has 1 heterocycles. The Bertz CT molecular complexity index is 1310. The van der Waals surface area contributed by atoms with Crippen LogP contribution < -0.4 is 19.5 Å². The second-order valence-electron chi connectivity index (χ2n) is 7.40. The van der Waals surface area contributed by atoms with E-state index in [9.17, 15) is 19.7 Å². The third-order valence-corrected chi connectivity index (χ3v) is 5.20. The van der Waals surface area contributed by atoms with E-state index in [1.54, 1.807) is 42.5 Å². The molecule has 0 aromatic heterocycles. The second kappa shape index (κ2) is 9.96. The van der Waals surface area contributed by atoms with Crippen LogP contribution in [0.5, 0.6) is 17.2 Å². The fourth-order valence-corrected chi connectivity index (χ4v) is 3.44. The van der Waals surface area contributed by atoms with Crippen LogP contribution in [0.3, 0.4) is 0 Å². The molecule has 3 aromatic carbocycles. The number of nitro benzene ring substituents is 1. The Morgan fingerprint density at radius 1 is 1.00 bits per heavy atom. The van der Waals surface area contributed by atoms with Crippen molar-refractivity contribution in [3.8, 4) is 17.2 Å².